The van der Waals surface area contributed by atoms with Gasteiger partial charge >= 0.3 is 6.09 Å². The van der Waals surface area contributed by atoms with E-state index in [4.69, 9.17) is 4.74 Å². The highest BCUT2D eigenvalue weighted by atomic mass is 16.6. The molecule has 2 N–H and O–H groups in total. The number of hydrogen-bond donors (Lipinski definition) is 2. The Labute approximate surface area is 222 Å². The predicted molar refractivity (Wildman–Crippen MR) is 147 cm³/mol. The summed E-state index contributed by atoms with van der Waals surface area (Å²) >= 11 is 0. The van der Waals surface area contributed by atoms with Crippen molar-refractivity contribution in [2.75, 3.05) is 13.1 Å². The SMILES string of the molecule is CCCCNC(=O)C(c1ccc(C)c(C)c1)N(CC)C(=O)C(Cc1ccccc1)NC(=O)OC(C)(C)C. The van der Waals surface area contributed by atoms with E-state index < -0.39 is 23.8 Å². The Balaban J connectivity index is 2.46. The largest absolute Gasteiger partial charge is 0.444 e. The molecule has 0 aliphatic rings. The first-order valence-electron chi connectivity index (χ1n) is 13.2. The zero-order valence-electron chi connectivity index (χ0n) is 23.4. The molecule has 0 heterocycles. The molecule has 2 aromatic rings. The lowest BCUT2D eigenvalue weighted by molar-refractivity contribution is -0.142. The van der Waals surface area contributed by atoms with Gasteiger partial charge in [-0.15, -0.1) is 0 Å². The third-order valence-corrected chi connectivity index (χ3v) is 6.13. The number of benzene rings is 2. The minimum Gasteiger partial charge on any atom is -0.444 e. The highest BCUT2D eigenvalue weighted by Gasteiger charge is 2.35. The van der Waals surface area contributed by atoms with Gasteiger partial charge in [0.1, 0.15) is 17.7 Å². The van der Waals surface area contributed by atoms with Gasteiger partial charge in [0.2, 0.25) is 11.8 Å². The van der Waals surface area contributed by atoms with Crippen LogP contribution in [-0.4, -0.2) is 47.5 Å². The topological polar surface area (TPSA) is 87.7 Å². The fourth-order valence-corrected chi connectivity index (χ4v) is 4.06. The molecule has 2 unspecified atom stereocenters. The Kier molecular flexibility index (Phi) is 11.2. The Hall–Kier alpha value is -3.35. The Morgan fingerprint density at radius 1 is 0.973 bits per heavy atom. The van der Waals surface area contributed by atoms with Crippen LogP contribution in [0.5, 0.6) is 0 Å². The number of ether oxygens (including phenoxy) is 1. The average Bonchev–Trinajstić information content (AvgIpc) is 2.83. The van der Waals surface area contributed by atoms with Crippen molar-refractivity contribution in [2.24, 2.45) is 0 Å². The molecule has 37 heavy (non-hydrogen) atoms. The molecular weight excluding hydrogens is 466 g/mol. The van der Waals surface area contributed by atoms with Gasteiger partial charge in [0, 0.05) is 19.5 Å². The summed E-state index contributed by atoms with van der Waals surface area (Å²) in [6, 6.07) is 13.6. The maximum atomic E-state index is 14.1. The molecule has 0 saturated heterocycles. The van der Waals surface area contributed by atoms with Gasteiger partial charge in [-0.05, 0) is 70.2 Å². The molecule has 7 nitrogen and oxygen atoms in total. The summed E-state index contributed by atoms with van der Waals surface area (Å²) in [5, 5.41) is 5.77. The van der Waals surface area contributed by atoms with E-state index in [0.717, 1.165) is 35.1 Å². The van der Waals surface area contributed by atoms with Crippen molar-refractivity contribution < 1.29 is 19.1 Å². The van der Waals surface area contributed by atoms with Gasteiger partial charge in [0.05, 0.1) is 0 Å². The van der Waals surface area contributed by atoms with Crippen LogP contribution in [0.2, 0.25) is 0 Å². The van der Waals surface area contributed by atoms with E-state index in [9.17, 15) is 14.4 Å². The van der Waals surface area contributed by atoms with E-state index in [-0.39, 0.29) is 18.2 Å². The highest BCUT2D eigenvalue weighted by molar-refractivity contribution is 5.92. The van der Waals surface area contributed by atoms with Crippen LogP contribution in [0.4, 0.5) is 4.79 Å². The Morgan fingerprint density at radius 3 is 2.22 bits per heavy atom. The third-order valence-electron chi connectivity index (χ3n) is 6.13. The molecule has 0 aliphatic heterocycles. The summed E-state index contributed by atoms with van der Waals surface area (Å²) in [7, 11) is 0. The molecule has 0 radical (unpaired) electrons. The number of likely N-dealkylation sites (N-methyl/N-ethyl adjacent to an activating group) is 1. The molecule has 0 spiro atoms. The van der Waals surface area contributed by atoms with E-state index in [2.05, 4.69) is 17.6 Å². The first-order chi connectivity index (χ1) is 17.5. The number of carbonyl (C=O) groups is 3. The third kappa shape index (κ3) is 9.23. The number of hydrogen-bond acceptors (Lipinski definition) is 4. The minimum absolute atomic E-state index is 0.234. The van der Waals surface area contributed by atoms with E-state index in [1.54, 1.807) is 25.7 Å². The first kappa shape index (κ1) is 29.9. The van der Waals surface area contributed by atoms with Crippen molar-refractivity contribution >= 4 is 17.9 Å². The van der Waals surface area contributed by atoms with Crippen LogP contribution in [0.1, 0.15) is 75.8 Å². The summed E-state index contributed by atoms with van der Waals surface area (Å²) in [5.74, 6) is -0.575. The van der Waals surface area contributed by atoms with E-state index in [1.807, 2.05) is 69.3 Å². The van der Waals surface area contributed by atoms with Gasteiger partial charge < -0.3 is 20.3 Å². The molecule has 0 fully saturated rings. The molecule has 2 rings (SSSR count). The van der Waals surface area contributed by atoms with Crippen LogP contribution in [0, 0.1) is 13.8 Å². The zero-order chi connectivity index (χ0) is 27.6. The molecule has 0 saturated carbocycles. The van der Waals surface area contributed by atoms with E-state index >= 15 is 0 Å². The maximum absolute atomic E-state index is 14.1. The van der Waals surface area contributed by atoms with E-state index in [0.29, 0.717) is 13.1 Å². The fourth-order valence-electron chi connectivity index (χ4n) is 4.06. The van der Waals surface area contributed by atoms with Crippen molar-refractivity contribution in [3.63, 3.8) is 0 Å². The normalized spacial score (nSPS) is 12.8. The average molecular weight is 510 g/mol. The first-order valence-corrected chi connectivity index (χ1v) is 13.2. The van der Waals surface area contributed by atoms with Crippen molar-refractivity contribution in [3.05, 3.63) is 70.8 Å². The monoisotopic (exact) mass is 509 g/mol. The van der Waals surface area contributed by atoms with Crippen molar-refractivity contribution in [1.29, 1.82) is 0 Å². The lowest BCUT2D eigenvalue weighted by Gasteiger charge is -2.34. The van der Waals surface area contributed by atoms with Crippen LogP contribution in [-0.2, 0) is 20.7 Å². The fraction of sp³-hybridized carbons (Fsp3) is 0.500. The molecule has 0 aliphatic carbocycles. The standard InChI is InChI=1S/C30H43N3O4/c1-8-10-18-31-27(34)26(24-17-16-21(3)22(4)19-24)33(9-2)28(35)25(20-23-14-12-11-13-15-23)32-29(36)37-30(5,6)7/h11-17,19,25-26H,8-10,18,20H2,1-7H3,(H,31,34)(H,32,36). The highest BCUT2D eigenvalue weighted by Crippen LogP contribution is 2.25. The number of amides is 3. The van der Waals surface area contributed by atoms with Gasteiger partial charge in [-0.1, -0.05) is 61.9 Å². The molecule has 0 bridgehead atoms. The summed E-state index contributed by atoms with van der Waals surface area (Å²) in [4.78, 5) is 41.8. The van der Waals surface area contributed by atoms with Gasteiger partial charge in [0.25, 0.3) is 0 Å². The number of nitrogens with one attached hydrogen (secondary N) is 2. The number of rotatable bonds is 11. The quantitative estimate of drug-likeness (QED) is 0.405. The number of aryl methyl sites for hydroxylation is 2. The number of carbonyl (C=O) groups excluding carboxylic acids is 3. The second-order valence-electron chi connectivity index (χ2n) is 10.4. The summed E-state index contributed by atoms with van der Waals surface area (Å²) in [5.41, 5.74) is 3.07. The molecular formula is C30H43N3O4. The molecule has 2 aromatic carbocycles. The van der Waals surface area contributed by atoms with Crippen LogP contribution in [0.25, 0.3) is 0 Å². The van der Waals surface area contributed by atoms with Crippen LogP contribution in [0.3, 0.4) is 0 Å². The summed E-state index contributed by atoms with van der Waals surface area (Å²) in [6.07, 6.45) is 1.40. The number of alkyl carbamates (subject to hydrolysis) is 1. The second-order valence-corrected chi connectivity index (χ2v) is 10.4. The molecule has 7 heteroatoms. The van der Waals surface area contributed by atoms with Crippen molar-refractivity contribution in [3.8, 4) is 0 Å². The predicted octanol–water partition coefficient (Wildman–Crippen LogP) is 5.25. The molecule has 202 valence electrons. The van der Waals surface area contributed by atoms with Crippen molar-refractivity contribution in [1.82, 2.24) is 15.5 Å². The van der Waals surface area contributed by atoms with Gasteiger partial charge in [-0.3, -0.25) is 9.59 Å². The van der Waals surface area contributed by atoms with Crippen molar-refractivity contribution in [2.45, 2.75) is 85.4 Å². The van der Waals surface area contributed by atoms with Crippen LogP contribution in [0.15, 0.2) is 48.5 Å². The Bertz CT molecular complexity index is 1050. The summed E-state index contributed by atoms with van der Waals surface area (Å²) in [6.45, 7) is 14.1. The maximum Gasteiger partial charge on any atom is 0.408 e. The molecule has 0 aromatic heterocycles. The van der Waals surface area contributed by atoms with E-state index in [1.165, 1.54) is 0 Å². The number of unbranched alkanes of at least 4 members (excludes halogenated alkanes) is 1. The van der Waals surface area contributed by atoms with Crippen LogP contribution >= 0.6 is 0 Å². The smallest absolute Gasteiger partial charge is 0.408 e. The lowest BCUT2D eigenvalue weighted by atomic mass is 9.97. The zero-order valence-corrected chi connectivity index (χ0v) is 23.4. The van der Waals surface area contributed by atoms with Crippen LogP contribution < -0.4 is 10.6 Å². The minimum atomic E-state index is -0.908. The molecule has 2 atom stereocenters. The lowest BCUT2D eigenvalue weighted by Crippen LogP contribution is -2.53. The molecule has 3 amide bonds. The van der Waals surface area contributed by atoms with Gasteiger partial charge in [-0.25, -0.2) is 4.79 Å². The number of nitrogens with zero attached hydrogens (tertiary/aromatic N) is 1. The Morgan fingerprint density at radius 2 is 1.65 bits per heavy atom. The van der Waals surface area contributed by atoms with Gasteiger partial charge in [-0.2, -0.15) is 0 Å². The second kappa shape index (κ2) is 13.8. The summed E-state index contributed by atoms with van der Waals surface area (Å²) < 4.78 is 5.46. The van der Waals surface area contributed by atoms with Gasteiger partial charge in [0.15, 0.2) is 0 Å².